The standard InChI is InChI=1S/C11H12O4/c12-9(8-3-5-14-7-8)6-10(13)11-2-1-4-15-11/h1-2,4,8H,3,5-7H2. The van der Waals surface area contributed by atoms with Crippen LogP contribution in [0.25, 0.3) is 0 Å². The van der Waals surface area contributed by atoms with Crippen LogP contribution < -0.4 is 0 Å². The highest BCUT2D eigenvalue weighted by molar-refractivity contribution is 6.07. The predicted octanol–water partition coefficient (Wildman–Crippen LogP) is 1.46. The van der Waals surface area contributed by atoms with Gasteiger partial charge in [-0.05, 0) is 18.6 Å². The Bertz CT molecular complexity index is 347. The Hall–Kier alpha value is -1.42. The van der Waals surface area contributed by atoms with Crippen LogP contribution in [0.5, 0.6) is 0 Å². The zero-order valence-corrected chi connectivity index (χ0v) is 8.27. The van der Waals surface area contributed by atoms with Crippen molar-refractivity contribution in [2.24, 2.45) is 5.92 Å². The fourth-order valence-corrected chi connectivity index (χ4v) is 1.62. The maximum Gasteiger partial charge on any atom is 0.205 e. The van der Waals surface area contributed by atoms with E-state index in [1.807, 2.05) is 0 Å². The minimum absolute atomic E-state index is 0.0473. The maximum absolute atomic E-state index is 11.6. The molecule has 0 saturated carbocycles. The number of ketones is 2. The van der Waals surface area contributed by atoms with E-state index in [9.17, 15) is 9.59 Å². The van der Waals surface area contributed by atoms with Crippen molar-refractivity contribution >= 4 is 11.6 Å². The lowest BCUT2D eigenvalue weighted by Gasteiger charge is -2.03. The summed E-state index contributed by atoms with van der Waals surface area (Å²) in [6, 6.07) is 3.21. The van der Waals surface area contributed by atoms with Gasteiger partial charge < -0.3 is 9.15 Å². The molecule has 0 radical (unpaired) electrons. The molecule has 1 fully saturated rings. The number of carbonyl (C=O) groups excluding carboxylic acids is 2. The minimum Gasteiger partial charge on any atom is -0.461 e. The van der Waals surface area contributed by atoms with Gasteiger partial charge in [-0.2, -0.15) is 0 Å². The lowest BCUT2D eigenvalue weighted by Crippen LogP contribution is -2.18. The van der Waals surface area contributed by atoms with Crippen molar-refractivity contribution < 1.29 is 18.7 Å². The number of hydrogen-bond acceptors (Lipinski definition) is 4. The van der Waals surface area contributed by atoms with Gasteiger partial charge in [0.1, 0.15) is 5.78 Å². The van der Waals surface area contributed by atoms with Gasteiger partial charge in [-0.1, -0.05) is 0 Å². The van der Waals surface area contributed by atoms with Crippen molar-refractivity contribution in [1.82, 2.24) is 0 Å². The van der Waals surface area contributed by atoms with E-state index in [1.165, 1.54) is 6.26 Å². The van der Waals surface area contributed by atoms with Crippen molar-refractivity contribution in [3.63, 3.8) is 0 Å². The summed E-state index contributed by atoms with van der Waals surface area (Å²) in [4.78, 5) is 23.1. The molecular formula is C11H12O4. The number of rotatable bonds is 4. The lowest BCUT2D eigenvalue weighted by atomic mass is 9.99. The van der Waals surface area contributed by atoms with Gasteiger partial charge >= 0.3 is 0 Å². The molecule has 1 aliphatic heterocycles. The van der Waals surface area contributed by atoms with Crippen molar-refractivity contribution in [3.8, 4) is 0 Å². The van der Waals surface area contributed by atoms with Crippen LogP contribution in [0.3, 0.4) is 0 Å². The van der Waals surface area contributed by atoms with Crippen LogP contribution in [0.2, 0.25) is 0 Å². The summed E-state index contributed by atoms with van der Waals surface area (Å²) in [7, 11) is 0. The molecule has 1 aliphatic rings. The van der Waals surface area contributed by atoms with Gasteiger partial charge in [-0.25, -0.2) is 0 Å². The number of carbonyl (C=O) groups is 2. The van der Waals surface area contributed by atoms with Crippen molar-refractivity contribution in [2.75, 3.05) is 13.2 Å². The molecule has 1 aromatic heterocycles. The second-order valence-corrected chi connectivity index (χ2v) is 3.60. The molecule has 15 heavy (non-hydrogen) atoms. The predicted molar refractivity (Wildman–Crippen MR) is 51.6 cm³/mol. The fraction of sp³-hybridized carbons (Fsp3) is 0.455. The van der Waals surface area contributed by atoms with E-state index in [4.69, 9.17) is 9.15 Å². The van der Waals surface area contributed by atoms with Crippen LogP contribution in [-0.2, 0) is 9.53 Å². The fourth-order valence-electron chi connectivity index (χ4n) is 1.62. The monoisotopic (exact) mass is 208 g/mol. The van der Waals surface area contributed by atoms with Crippen molar-refractivity contribution in [3.05, 3.63) is 24.2 Å². The zero-order valence-electron chi connectivity index (χ0n) is 8.27. The summed E-state index contributed by atoms with van der Waals surface area (Å²) in [5.41, 5.74) is 0. The van der Waals surface area contributed by atoms with E-state index < -0.39 is 0 Å². The van der Waals surface area contributed by atoms with Crippen LogP contribution in [0.1, 0.15) is 23.4 Å². The Kier molecular flexibility index (Phi) is 2.97. The second kappa shape index (κ2) is 4.40. The molecule has 0 amide bonds. The van der Waals surface area contributed by atoms with Crippen molar-refractivity contribution in [2.45, 2.75) is 12.8 Å². The third-order valence-corrected chi connectivity index (χ3v) is 2.52. The molecule has 0 aliphatic carbocycles. The highest BCUT2D eigenvalue weighted by atomic mass is 16.5. The smallest absolute Gasteiger partial charge is 0.205 e. The van der Waals surface area contributed by atoms with E-state index in [1.54, 1.807) is 12.1 Å². The minimum atomic E-state index is -0.253. The normalized spacial score (nSPS) is 20.4. The molecule has 4 heteroatoms. The van der Waals surface area contributed by atoms with Gasteiger partial charge in [-0.15, -0.1) is 0 Å². The lowest BCUT2D eigenvalue weighted by molar-refractivity contribution is -0.121. The number of furan rings is 1. The van der Waals surface area contributed by atoms with E-state index >= 15 is 0 Å². The molecule has 4 nitrogen and oxygen atoms in total. The van der Waals surface area contributed by atoms with Gasteiger partial charge in [0.25, 0.3) is 0 Å². The molecule has 0 bridgehead atoms. The molecule has 80 valence electrons. The summed E-state index contributed by atoms with van der Waals surface area (Å²) in [6.45, 7) is 1.07. The van der Waals surface area contributed by atoms with Crippen molar-refractivity contribution in [1.29, 1.82) is 0 Å². The maximum atomic E-state index is 11.6. The van der Waals surface area contributed by atoms with Gasteiger partial charge in [0, 0.05) is 12.5 Å². The Morgan fingerprint density at radius 1 is 1.47 bits per heavy atom. The molecule has 2 heterocycles. The second-order valence-electron chi connectivity index (χ2n) is 3.60. The SMILES string of the molecule is O=C(CC(=O)C1CCOC1)c1ccco1. The van der Waals surface area contributed by atoms with Crippen LogP contribution in [-0.4, -0.2) is 24.8 Å². The van der Waals surface area contributed by atoms with E-state index in [0.29, 0.717) is 13.2 Å². The van der Waals surface area contributed by atoms with Crippen LogP contribution >= 0.6 is 0 Å². The van der Waals surface area contributed by atoms with E-state index in [-0.39, 0.29) is 29.7 Å². The molecule has 0 N–H and O–H groups in total. The highest BCUT2D eigenvalue weighted by Crippen LogP contribution is 2.16. The number of hydrogen-bond donors (Lipinski definition) is 0. The number of Topliss-reactive ketones (excluding diaryl/α,β-unsaturated/α-hetero) is 2. The van der Waals surface area contributed by atoms with Gasteiger partial charge in [0.15, 0.2) is 5.76 Å². The largest absolute Gasteiger partial charge is 0.461 e. The molecule has 1 aromatic rings. The Morgan fingerprint density at radius 3 is 2.93 bits per heavy atom. The molecule has 2 rings (SSSR count). The van der Waals surface area contributed by atoms with Gasteiger partial charge in [0.05, 0.1) is 19.3 Å². The van der Waals surface area contributed by atoms with Crippen LogP contribution in [0.15, 0.2) is 22.8 Å². The first kappa shape index (κ1) is 10.1. The van der Waals surface area contributed by atoms with Gasteiger partial charge in [0.2, 0.25) is 5.78 Å². The first-order valence-corrected chi connectivity index (χ1v) is 4.94. The summed E-state index contributed by atoms with van der Waals surface area (Å²) in [5.74, 6) is -0.156. The molecule has 1 unspecified atom stereocenters. The van der Waals surface area contributed by atoms with E-state index in [0.717, 1.165) is 6.42 Å². The summed E-state index contributed by atoms with van der Waals surface area (Å²) in [5, 5.41) is 0. The molecular weight excluding hydrogens is 196 g/mol. The van der Waals surface area contributed by atoms with Crippen LogP contribution in [0, 0.1) is 5.92 Å². The third-order valence-electron chi connectivity index (χ3n) is 2.52. The quantitative estimate of drug-likeness (QED) is 0.555. The zero-order chi connectivity index (χ0) is 10.7. The van der Waals surface area contributed by atoms with Crippen LogP contribution in [0.4, 0.5) is 0 Å². The molecule has 0 aromatic carbocycles. The van der Waals surface area contributed by atoms with E-state index in [2.05, 4.69) is 0 Å². The highest BCUT2D eigenvalue weighted by Gasteiger charge is 2.26. The van der Waals surface area contributed by atoms with Gasteiger partial charge in [-0.3, -0.25) is 9.59 Å². The Balaban J connectivity index is 1.91. The Labute approximate surface area is 87.2 Å². The molecule has 1 atom stereocenters. The average molecular weight is 208 g/mol. The summed E-state index contributed by atoms with van der Waals surface area (Å²) < 4.78 is 10.0. The molecule has 1 saturated heterocycles. The number of ether oxygens (including phenoxy) is 1. The average Bonchev–Trinajstić information content (AvgIpc) is 2.91. The third kappa shape index (κ3) is 2.33. The first-order chi connectivity index (χ1) is 7.27. The topological polar surface area (TPSA) is 56.5 Å². The first-order valence-electron chi connectivity index (χ1n) is 4.94. The molecule has 0 spiro atoms. The Morgan fingerprint density at radius 2 is 2.33 bits per heavy atom. The summed E-state index contributed by atoms with van der Waals surface area (Å²) >= 11 is 0. The summed E-state index contributed by atoms with van der Waals surface area (Å²) in [6.07, 6.45) is 2.07.